The summed E-state index contributed by atoms with van der Waals surface area (Å²) in [5, 5.41) is 3.42. The molecule has 0 saturated carbocycles. The largest absolute Gasteiger partial charge is 0.368 e. The maximum atomic E-state index is 5.83. The highest BCUT2D eigenvalue weighted by atomic mass is 35.5. The molecule has 6 heteroatoms. The summed E-state index contributed by atoms with van der Waals surface area (Å²) < 4.78 is 0. The van der Waals surface area contributed by atoms with Crippen LogP contribution >= 0.6 is 11.6 Å². The van der Waals surface area contributed by atoms with Crippen molar-refractivity contribution in [3.63, 3.8) is 0 Å². The van der Waals surface area contributed by atoms with Crippen LogP contribution < -0.4 is 5.32 Å². The second kappa shape index (κ2) is 5.72. The molecular formula is C11H14ClN5. The highest BCUT2D eigenvalue weighted by Gasteiger charge is 2.07. The van der Waals surface area contributed by atoms with E-state index in [4.69, 9.17) is 11.6 Å². The Kier molecular flexibility index (Phi) is 4.03. The third kappa shape index (κ3) is 3.00. The first-order chi connectivity index (χ1) is 8.31. The third-order valence-electron chi connectivity index (χ3n) is 2.38. The molecular weight excluding hydrogens is 238 g/mol. The Hall–Kier alpha value is -1.49. The van der Waals surface area contributed by atoms with E-state index in [0.717, 1.165) is 13.0 Å². The zero-order valence-corrected chi connectivity index (χ0v) is 10.4. The molecule has 0 aliphatic heterocycles. The lowest BCUT2D eigenvalue weighted by molar-refractivity contribution is 0.742. The van der Waals surface area contributed by atoms with Gasteiger partial charge in [-0.1, -0.05) is 19.8 Å². The number of nitrogens with one attached hydrogen (secondary N) is 1. The minimum Gasteiger partial charge on any atom is -0.368 e. The summed E-state index contributed by atoms with van der Waals surface area (Å²) in [6.45, 7) is 3.02. The highest BCUT2D eigenvalue weighted by Crippen LogP contribution is 2.17. The molecule has 0 aliphatic carbocycles. The van der Waals surface area contributed by atoms with E-state index in [1.54, 1.807) is 12.4 Å². The Labute approximate surface area is 105 Å². The molecule has 0 bridgehead atoms. The lowest BCUT2D eigenvalue weighted by Gasteiger charge is -2.07. The number of anilines is 1. The van der Waals surface area contributed by atoms with E-state index in [0.29, 0.717) is 17.0 Å². The zero-order chi connectivity index (χ0) is 12.1. The summed E-state index contributed by atoms with van der Waals surface area (Å²) in [4.78, 5) is 16.5. The standard InChI is InChI=1S/C11H14ClN5/c1-2-3-4-5-14-9-8-10(15-7-6-13-8)17-11(12)16-9/h6-7H,2-5H2,1H3,(H,14,15,16,17). The van der Waals surface area contributed by atoms with Gasteiger partial charge in [-0.25, -0.2) is 9.97 Å². The van der Waals surface area contributed by atoms with Crippen molar-refractivity contribution in [1.29, 1.82) is 0 Å². The topological polar surface area (TPSA) is 63.6 Å². The van der Waals surface area contributed by atoms with E-state index in [1.807, 2.05) is 0 Å². The number of hydrogen-bond donors (Lipinski definition) is 1. The molecule has 0 fully saturated rings. The molecule has 0 saturated heterocycles. The maximum absolute atomic E-state index is 5.83. The predicted octanol–water partition coefficient (Wildman–Crippen LogP) is 2.68. The lowest BCUT2D eigenvalue weighted by atomic mass is 10.2. The van der Waals surface area contributed by atoms with Gasteiger partial charge in [0, 0.05) is 18.9 Å². The van der Waals surface area contributed by atoms with Crippen LogP contribution in [0.1, 0.15) is 26.2 Å². The molecule has 0 radical (unpaired) electrons. The van der Waals surface area contributed by atoms with Crippen LogP contribution in [-0.4, -0.2) is 26.5 Å². The van der Waals surface area contributed by atoms with Gasteiger partial charge in [-0.15, -0.1) is 0 Å². The van der Waals surface area contributed by atoms with Crippen LogP contribution in [0.2, 0.25) is 5.28 Å². The van der Waals surface area contributed by atoms with Crippen LogP contribution in [0.15, 0.2) is 12.4 Å². The summed E-state index contributed by atoms with van der Waals surface area (Å²) in [5.41, 5.74) is 1.18. The fourth-order valence-electron chi connectivity index (χ4n) is 1.54. The first kappa shape index (κ1) is 12.0. The summed E-state index contributed by atoms with van der Waals surface area (Å²) in [6, 6.07) is 0. The van der Waals surface area contributed by atoms with E-state index in [1.165, 1.54) is 12.8 Å². The maximum Gasteiger partial charge on any atom is 0.226 e. The second-order valence-corrected chi connectivity index (χ2v) is 4.04. The van der Waals surface area contributed by atoms with E-state index in [2.05, 4.69) is 32.2 Å². The molecule has 0 aromatic carbocycles. The fourth-order valence-corrected chi connectivity index (χ4v) is 1.71. The molecule has 0 atom stereocenters. The smallest absolute Gasteiger partial charge is 0.226 e. The van der Waals surface area contributed by atoms with Crippen molar-refractivity contribution in [2.45, 2.75) is 26.2 Å². The number of nitrogens with zero attached hydrogens (tertiary/aromatic N) is 4. The van der Waals surface area contributed by atoms with Crippen LogP contribution in [-0.2, 0) is 0 Å². The van der Waals surface area contributed by atoms with Crippen LogP contribution in [0.5, 0.6) is 0 Å². The van der Waals surface area contributed by atoms with Crippen molar-refractivity contribution >= 4 is 28.6 Å². The molecule has 0 amide bonds. The average molecular weight is 252 g/mol. The van der Waals surface area contributed by atoms with Crippen molar-refractivity contribution in [2.24, 2.45) is 0 Å². The monoisotopic (exact) mass is 251 g/mol. The summed E-state index contributed by atoms with van der Waals surface area (Å²) >= 11 is 5.83. The number of fused-ring (bicyclic) bond motifs is 1. The number of aromatic nitrogens is 4. The number of unbranched alkanes of at least 4 members (excludes halogenated alkanes) is 2. The van der Waals surface area contributed by atoms with Gasteiger partial charge >= 0.3 is 0 Å². The molecule has 2 aromatic rings. The SMILES string of the molecule is CCCCCNc1nc(Cl)nc2nccnc12. The Morgan fingerprint density at radius 1 is 1.18 bits per heavy atom. The van der Waals surface area contributed by atoms with Crippen molar-refractivity contribution in [1.82, 2.24) is 19.9 Å². The fraction of sp³-hybridized carbons (Fsp3) is 0.455. The van der Waals surface area contributed by atoms with Crippen LogP contribution in [0.25, 0.3) is 11.2 Å². The van der Waals surface area contributed by atoms with Crippen LogP contribution in [0.4, 0.5) is 5.82 Å². The van der Waals surface area contributed by atoms with E-state index >= 15 is 0 Å². The van der Waals surface area contributed by atoms with Gasteiger partial charge in [0.15, 0.2) is 17.0 Å². The quantitative estimate of drug-likeness (QED) is 0.654. The van der Waals surface area contributed by atoms with Crippen LogP contribution in [0, 0.1) is 0 Å². The Bertz CT molecular complexity index is 502. The molecule has 0 aliphatic rings. The van der Waals surface area contributed by atoms with Crippen molar-refractivity contribution < 1.29 is 0 Å². The number of halogens is 1. The Morgan fingerprint density at radius 3 is 2.82 bits per heavy atom. The first-order valence-electron chi connectivity index (χ1n) is 5.69. The van der Waals surface area contributed by atoms with Crippen molar-refractivity contribution in [3.05, 3.63) is 17.7 Å². The normalized spacial score (nSPS) is 10.7. The van der Waals surface area contributed by atoms with Crippen molar-refractivity contribution in [2.75, 3.05) is 11.9 Å². The van der Waals surface area contributed by atoms with E-state index in [-0.39, 0.29) is 5.28 Å². The summed E-state index contributed by atoms with van der Waals surface area (Å²) in [7, 11) is 0. The van der Waals surface area contributed by atoms with E-state index in [9.17, 15) is 0 Å². The van der Waals surface area contributed by atoms with Gasteiger partial charge in [-0.2, -0.15) is 9.97 Å². The highest BCUT2D eigenvalue weighted by molar-refractivity contribution is 6.28. The van der Waals surface area contributed by atoms with Gasteiger partial charge in [0.2, 0.25) is 5.28 Å². The average Bonchev–Trinajstić information content (AvgIpc) is 2.34. The predicted molar refractivity (Wildman–Crippen MR) is 68.2 cm³/mol. The minimum atomic E-state index is 0.191. The second-order valence-electron chi connectivity index (χ2n) is 3.70. The third-order valence-corrected chi connectivity index (χ3v) is 2.55. The molecule has 2 heterocycles. The molecule has 2 aromatic heterocycles. The van der Waals surface area contributed by atoms with Gasteiger partial charge in [-0.3, -0.25) is 0 Å². The molecule has 2 rings (SSSR count). The van der Waals surface area contributed by atoms with Crippen LogP contribution in [0.3, 0.4) is 0 Å². The van der Waals surface area contributed by atoms with Gasteiger partial charge < -0.3 is 5.32 Å². The van der Waals surface area contributed by atoms with E-state index < -0.39 is 0 Å². The first-order valence-corrected chi connectivity index (χ1v) is 6.07. The van der Waals surface area contributed by atoms with Gasteiger partial charge in [0.25, 0.3) is 0 Å². The molecule has 5 nitrogen and oxygen atoms in total. The Morgan fingerprint density at radius 2 is 2.00 bits per heavy atom. The number of rotatable bonds is 5. The summed E-state index contributed by atoms with van der Waals surface area (Å²) in [6.07, 6.45) is 6.69. The lowest BCUT2D eigenvalue weighted by Crippen LogP contribution is -2.06. The molecule has 0 spiro atoms. The minimum absolute atomic E-state index is 0.191. The van der Waals surface area contributed by atoms with Gasteiger partial charge in [-0.05, 0) is 18.0 Å². The summed E-state index contributed by atoms with van der Waals surface area (Å²) in [5.74, 6) is 0.657. The van der Waals surface area contributed by atoms with Gasteiger partial charge in [0.1, 0.15) is 0 Å². The molecule has 17 heavy (non-hydrogen) atoms. The molecule has 0 unspecified atom stereocenters. The Balaban J connectivity index is 2.20. The molecule has 90 valence electrons. The molecule has 1 N–H and O–H groups in total. The van der Waals surface area contributed by atoms with Gasteiger partial charge in [0.05, 0.1) is 0 Å². The number of hydrogen-bond acceptors (Lipinski definition) is 5. The van der Waals surface area contributed by atoms with Crippen molar-refractivity contribution in [3.8, 4) is 0 Å². The zero-order valence-electron chi connectivity index (χ0n) is 9.65.